The maximum atomic E-state index is 10.9. The maximum Gasteiger partial charge on any atom is 0.307 e. The van der Waals surface area contributed by atoms with Gasteiger partial charge in [0.05, 0.1) is 5.92 Å². The van der Waals surface area contributed by atoms with Crippen molar-refractivity contribution in [2.24, 2.45) is 5.92 Å². The summed E-state index contributed by atoms with van der Waals surface area (Å²) in [6.45, 7) is 1.72. The molecule has 1 aromatic rings. The van der Waals surface area contributed by atoms with Gasteiger partial charge in [0.15, 0.2) is 0 Å². The minimum atomic E-state index is -0.787. The van der Waals surface area contributed by atoms with E-state index in [1.807, 2.05) is 42.5 Å². The third-order valence-corrected chi connectivity index (χ3v) is 2.40. The molecule has 0 unspecified atom stereocenters. The first-order chi connectivity index (χ1) is 8.24. The van der Waals surface area contributed by atoms with E-state index in [1.54, 1.807) is 6.92 Å². The maximum absolute atomic E-state index is 10.9. The summed E-state index contributed by atoms with van der Waals surface area (Å²) >= 11 is 0. The Morgan fingerprint density at radius 3 is 2.71 bits per heavy atom. The van der Waals surface area contributed by atoms with E-state index in [0.29, 0.717) is 12.8 Å². The molecule has 2 nitrogen and oxygen atoms in total. The third kappa shape index (κ3) is 5.03. The van der Waals surface area contributed by atoms with Gasteiger partial charge in [0.2, 0.25) is 0 Å². The van der Waals surface area contributed by atoms with Gasteiger partial charge in [-0.25, -0.2) is 0 Å². The highest BCUT2D eigenvalue weighted by atomic mass is 16.4. The van der Waals surface area contributed by atoms with Gasteiger partial charge in [0, 0.05) is 6.42 Å². The Bertz CT molecular complexity index is 435. The number of allylic oxidation sites excluding steroid dienone is 1. The van der Waals surface area contributed by atoms with Crippen LogP contribution in [0.1, 0.15) is 25.3 Å². The van der Waals surface area contributed by atoms with Gasteiger partial charge in [-0.2, -0.15) is 0 Å². The van der Waals surface area contributed by atoms with Gasteiger partial charge in [-0.1, -0.05) is 42.5 Å². The molecule has 0 aliphatic heterocycles. The molecule has 0 amide bonds. The minimum absolute atomic E-state index is 0.408. The highest BCUT2D eigenvalue weighted by Crippen LogP contribution is 2.11. The van der Waals surface area contributed by atoms with E-state index >= 15 is 0 Å². The molecule has 0 radical (unpaired) electrons. The molecular weight excluding hydrogens is 212 g/mol. The van der Waals surface area contributed by atoms with Gasteiger partial charge in [-0.3, -0.25) is 4.79 Å². The predicted octanol–water partition coefficient (Wildman–Crippen LogP) is 3.20. The van der Waals surface area contributed by atoms with Crippen LogP contribution in [0.2, 0.25) is 0 Å². The van der Waals surface area contributed by atoms with Crippen molar-refractivity contribution in [2.75, 3.05) is 0 Å². The monoisotopic (exact) mass is 228 g/mol. The topological polar surface area (TPSA) is 37.3 Å². The van der Waals surface area contributed by atoms with Gasteiger partial charge in [0.1, 0.15) is 0 Å². The van der Waals surface area contributed by atoms with E-state index < -0.39 is 11.9 Å². The minimum Gasteiger partial charge on any atom is -0.481 e. The summed E-state index contributed by atoms with van der Waals surface area (Å²) < 4.78 is 0. The average molecular weight is 228 g/mol. The van der Waals surface area contributed by atoms with Crippen LogP contribution in [-0.2, 0) is 4.79 Å². The summed E-state index contributed by atoms with van der Waals surface area (Å²) in [7, 11) is 0. The molecule has 0 heterocycles. The van der Waals surface area contributed by atoms with E-state index in [1.165, 1.54) is 0 Å². The SMILES string of the molecule is CC#CC[C@H](C/C=C/c1ccccc1)C(=O)O. The molecule has 88 valence electrons. The van der Waals surface area contributed by atoms with Gasteiger partial charge in [0.25, 0.3) is 0 Å². The fourth-order valence-electron chi connectivity index (χ4n) is 1.43. The van der Waals surface area contributed by atoms with Crippen molar-refractivity contribution in [1.82, 2.24) is 0 Å². The summed E-state index contributed by atoms with van der Waals surface area (Å²) in [6, 6.07) is 9.83. The van der Waals surface area contributed by atoms with E-state index in [4.69, 9.17) is 5.11 Å². The molecule has 0 bridgehead atoms. The molecule has 1 aromatic carbocycles. The summed E-state index contributed by atoms with van der Waals surface area (Å²) in [6.07, 6.45) is 4.75. The Morgan fingerprint density at radius 1 is 1.41 bits per heavy atom. The molecule has 0 fully saturated rings. The Hall–Kier alpha value is -2.01. The van der Waals surface area contributed by atoms with E-state index in [2.05, 4.69) is 11.8 Å². The van der Waals surface area contributed by atoms with Crippen LogP contribution < -0.4 is 0 Å². The fraction of sp³-hybridized carbons (Fsp3) is 0.267. The van der Waals surface area contributed by atoms with Crippen LogP contribution in [0.25, 0.3) is 6.08 Å². The highest BCUT2D eigenvalue weighted by molar-refractivity contribution is 5.70. The average Bonchev–Trinajstić information content (AvgIpc) is 2.34. The van der Waals surface area contributed by atoms with Crippen molar-refractivity contribution in [1.29, 1.82) is 0 Å². The Morgan fingerprint density at radius 2 is 2.12 bits per heavy atom. The largest absolute Gasteiger partial charge is 0.481 e. The van der Waals surface area contributed by atoms with Crippen LogP contribution in [0, 0.1) is 17.8 Å². The number of rotatable bonds is 5. The first-order valence-corrected chi connectivity index (χ1v) is 5.58. The molecule has 1 rings (SSSR count). The van der Waals surface area contributed by atoms with Crippen molar-refractivity contribution >= 4 is 12.0 Å². The number of benzene rings is 1. The number of carbonyl (C=O) groups is 1. The summed E-state index contributed by atoms with van der Waals surface area (Å²) in [5.74, 6) is 4.34. The number of carboxylic acids is 1. The van der Waals surface area contributed by atoms with E-state index in [9.17, 15) is 4.79 Å². The summed E-state index contributed by atoms with van der Waals surface area (Å²) in [5, 5.41) is 9.00. The second kappa shape index (κ2) is 7.29. The molecule has 17 heavy (non-hydrogen) atoms. The van der Waals surface area contributed by atoms with Gasteiger partial charge in [-0.05, 0) is 18.9 Å². The number of carboxylic acid groups (broad SMARTS) is 1. The van der Waals surface area contributed by atoms with Crippen molar-refractivity contribution < 1.29 is 9.90 Å². The Balaban J connectivity index is 2.54. The summed E-state index contributed by atoms with van der Waals surface area (Å²) in [4.78, 5) is 10.9. The Kier molecular flexibility index (Phi) is 5.60. The predicted molar refractivity (Wildman–Crippen MR) is 69.3 cm³/mol. The molecule has 0 aromatic heterocycles. The van der Waals surface area contributed by atoms with Gasteiger partial charge < -0.3 is 5.11 Å². The van der Waals surface area contributed by atoms with Crippen LogP contribution in [0.3, 0.4) is 0 Å². The van der Waals surface area contributed by atoms with E-state index in [-0.39, 0.29) is 0 Å². The first kappa shape index (κ1) is 13.1. The van der Waals surface area contributed by atoms with Crippen LogP contribution in [0.5, 0.6) is 0 Å². The zero-order valence-electron chi connectivity index (χ0n) is 9.89. The fourth-order valence-corrected chi connectivity index (χ4v) is 1.43. The normalized spacial score (nSPS) is 11.8. The molecular formula is C15H16O2. The second-order valence-electron chi connectivity index (χ2n) is 3.71. The van der Waals surface area contributed by atoms with Crippen molar-refractivity contribution in [3.05, 3.63) is 42.0 Å². The quantitative estimate of drug-likeness (QED) is 0.786. The molecule has 0 saturated carbocycles. The number of aliphatic carboxylic acids is 1. The molecule has 2 heteroatoms. The lowest BCUT2D eigenvalue weighted by Gasteiger charge is -2.04. The zero-order chi connectivity index (χ0) is 12.5. The van der Waals surface area contributed by atoms with Crippen LogP contribution in [0.15, 0.2) is 36.4 Å². The lowest BCUT2D eigenvalue weighted by atomic mass is 10.0. The lowest BCUT2D eigenvalue weighted by molar-refractivity contribution is -0.141. The summed E-state index contributed by atoms with van der Waals surface area (Å²) in [5.41, 5.74) is 1.08. The van der Waals surface area contributed by atoms with E-state index in [0.717, 1.165) is 5.56 Å². The molecule has 1 atom stereocenters. The molecule has 0 saturated heterocycles. The lowest BCUT2D eigenvalue weighted by Crippen LogP contribution is -2.11. The van der Waals surface area contributed by atoms with Crippen LogP contribution in [-0.4, -0.2) is 11.1 Å². The van der Waals surface area contributed by atoms with Crippen molar-refractivity contribution in [3.8, 4) is 11.8 Å². The first-order valence-electron chi connectivity index (χ1n) is 5.58. The highest BCUT2D eigenvalue weighted by Gasteiger charge is 2.13. The molecule has 1 N–H and O–H groups in total. The number of hydrogen-bond acceptors (Lipinski definition) is 1. The third-order valence-electron chi connectivity index (χ3n) is 2.40. The number of hydrogen-bond donors (Lipinski definition) is 1. The molecule has 0 spiro atoms. The molecule has 0 aliphatic carbocycles. The smallest absolute Gasteiger partial charge is 0.307 e. The second-order valence-corrected chi connectivity index (χ2v) is 3.71. The van der Waals surface area contributed by atoms with Crippen LogP contribution >= 0.6 is 0 Å². The van der Waals surface area contributed by atoms with Crippen molar-refractivity contribution in [3.63, 3.8) is 0 Å². The van der Waals surface area contributed by atoms with Gasteiger partial charge in [-0.15, -0.1) is 11.8 Å². The zero-order valence-corrected chi connectivity index (χ0v) is 9.89. The standard InChI is InChI=1S/C15H16O2/c1-2-3-11-14(15(16)17)12-7-10-13-8-5-4-6-9-13/h4-10,14H,11-12H2,1H3,(H,16,17)/b10-7+/t14-/m1/s1. The Labute approximate surface area is 102 Å². The van der Waals surface area contributed by atoms with Crippen molar-refractivity contribution in [2.45, 2.75) is 19.8 Å². The van der Waals surface area contributed by atoms with Gasteiger partial charge >= 0.3 is 5.97 Å². The molecule has 0 aliphatic rings. The van der Waals surface area contributed by atoms with Crippen LogP contribution in [0.4, 0.5) is 0 Å².